The third-order valence-electron chi connectivity index (χ3n) is 2.81. The van der Waals surface area contributed by atoms with E-state index in [1.165, 1.54) is 31.4 Å². The molecule has 2 aromatic rings. The zero-order valence-corrected chi connectivity index (χ0v) is 13.0. The van der Waals surface area contributed by atoms with Gasteiger partial charge in [0.05, 0.1) is 29.1 Å². The molecule has 0 fully saturated rings. The molecular weight excluding hydrogens is 314 g/mol. The van der Waals surface area contributed by atoms with E-state index in [1.807, 2.05) is 0 Å². The van der Waals surface area contributed by atoms with E-state index >= 15 is 0 Å². The second kappa shape index (κ2) is 5.79. The summed E-state index contributed by atoms with van der Waals surface area (Å²) in [6.45, 7) is 1.66. The molecule has 0 aliphatic heterocycles. The van der Waals surface area contributed by atoms with Crippen LogP contribution in [0.1, 0.15) is 5.69 Å². The van der Waals surface area contributed by atoms with Crippen molar-refractivity contribution in [2.24, 2.45) is 0 Å². The highest BCUT2D eigenvalue weighted by atomic mass is 35.5. The summed E-state index contributed by atoms with van der Waals surface area (Å²) >= 11 is 5.74. The molecular formula is C13H14ClN3O3S. The minimum absolute atomic E-state index is 0.0372. The van der Waals surface area contributed by atoms with Crippen LogP contribution in [0.3, 0.4) is 0 Å². The SMILES string of the molecule is COc1ccc(S(=O)(=O)Nc2ccc(Cl)nc2C)cc1N. The number of nitrogens with zero attached hydrogens (tertiary/aromatic N) is 1. The summed E-state index contributed by atoms with van der Waals surface area (Å²) in [5, 5.41) is 0.295. The summed E-state index contributed by atoms with van der Waals surface area (Å²) in [5.41, 5.74) is 6.80. The van der Waals surface area contributed by atoms with E-state index in [-0.39, 0.29) is 10.6 Å². The monoisotopic (exact) mass is 327 g/mol. The lowest BCUT2D eigenvalue weighted by atomic mass is 10.3. The standard InChI is InChI=1S/C13H14ClN3O3S/c1-8-11(4-6-13(14)16-8)17-21(18,19)9-3-5-12(20-2)10(15)7-9/h3-7,17H,15H2,1-2H3. The van der Waals surface area contributed by atoms with Gasteiger partial charge in [-0.2, -0.15) is 0 Å². The van der Waals surface area contributed by atoms with Crippen molar-refractivity contribution in [3.05, 3.63) is 41.2 Å². The maximum Gasteiger partial charge on any atom is 0.262 e. The van der Waals surface area contributed by atoms with Crippen LogP contribution in [0.4, 0.5) is 11.4 Å². The van der Waals surface area contributed by atoms with E-state index in [0.717, 1.165) is 0 Å². The van der Waals surface area contributed by atoms with Gasteiger partial charge in [-0.05, 0) is 37.3 Å². The third-order valence-corrected chi connectivity index (χ3v) is 4.38. The first-order valence-corrected chi connectivity index (χ1v) is 7.79. The highest BCUT2D eigenvalue weighted by molar-refractivity contribution is 7.92. The molecule has 2 rings (SSSR count). The number of nitrogens with two attached hydrogens (primary N) is 1. The fourth-order valence-electron chi connectivity index (χ4n) is 1.72. The summed E-state index contributed by atoms with van der Waals surface area (Å²) in [6.07, 6.45) is 0. The van der Waals surface area contributed by atoms with Crippen molar-refractivity contribution in [2.45, 2.75) is 11.8 Å². The lowest BCUT2D eigenvalue weighted by molar-refractivity contribution is 0.416. The maximum absolute atomic E-state index is 12.3. The Kier molecular flexibility index (Phi) is 4.24. The van der Waals surface area contributed by atoms with E-state index in [0.29, 0.717) is 22.3 Å². The van der Waals surface area contributed by atoms with Crippen molar-refractivity contribution in [1.29, 1.82) is 0 Å². The summed E-state index contributed by atoms with van der Waals surface area (Å²) < 4.78 is 32.1. The molecule has 0 saturated heterocycles. The van der Waals surface area contributed by atoms with Crippen molar-refractivity contribution in [3.63, 3.8) is 0 Å². The molecule has 21 heavy (non-hydrogen) atoms. The first kappa shape index (κ1) is 15.4. The number of sulfonamides is 1. The fourth-order valence-corrected chi connectivity index (χ4v) is 3.06. The van der Waals surface area contributed by atoms with Crippen LogP contribution in [-0.4, -0.2) is 20.5 Å². The topological polar surface area (TPSA) is 94.3 Å². The average Bonchev–Trinajstić information content (AvgIpc) is 2.42. The molecule has 0 unspecified atom stereocenters. The van der Waals surface area contributed by atoms with Crippen molar-refractivity contribution in [2.75, 3.05) is 17.6 Å². The van der Waals surface area contributed by atoms with Crippen LogP contribution >= 0.6 is 11.6 Å². The molecule has 0 bridgehead atoms. The van der Waals surface area contributed by atoms with Crippen LogP contribution in [0.5, 0.6) is 5.75 Å². The molecule has 0 aliphatic rings. The molecule has 0 atom stereocenters. The first-order chi connectivity index (χ1) is 9.83. The summed E-state index contributed by atoms with van der Waals surface area (Å²) in [5.74, 6) is 0.415. The van der Waals surface area contributed by atoms with E-state index < -0.39 is 10.0 Å². The number of halogens is 1. The highest BCUT2D eigenvalue weighted by Gasteiger charge is 2.17. The molecule has 1 aromatic heterocycles. The number of nitrogens with one attached hydrogen (secondary N) is 1. The number of aromatic nitrogens is 1. The van der Waals surface area contributed by atoms with Crippen molar-refractivity contribution in [3.8, 4) is 5.75 Å². The molecule has 112 valence electrons. The summed E-state index contributed by atoms with van der Waals surface area (Å²) in [4.78, 5) is 4.03. The zero-order chi connectivity index (χ0) is 15.6. The van der Waals surface area contributed by atoms with Crippen molar-refractivity contribution < 1.29 is 13.2 Å². The van der Waals surface area contributed by atoms with E-state index in [9.17, 15) is 8.42 Å². The van der Waals surface area contributed by atoms with Crippen LogP contribution in [0.15, 0.2) is 35.2 Å². The smallest absolute Gasteiger partial charge is 0.262 e. The number of methoxy groups -OCH3 is 1. The number of hydrogen-bond acceptors (Lipinski definition) is 5. The predicted molar refractivity (Wildman–Crippen MR) is 82.2 cm³/mol. The van der Waals surface area contributed by atoms with Crippen molar-refractivity contribution in [1.82, 2.24) is 4.98 Å². The van der Waals surface area contributed by atoms with Crippen LogP contribution in [0.25, 0.3) is 0 Å². The summed E-state index contributed by atoms with van der Waals surface area (Å²) in [6, 6.07) is 7.30. The number of hydrogen-bond donors (Lipinski definition) is 2. The number of nitrogen functional groups attached to an aromatic ring is 1. The van der Waals surface area contributed by atoms with Crippen LogP contribution < -0.4 is 15.2 Å². The fraction of sp³-hybridized carbons (Fsp3) is 0.154. The number of ether oxygens (including phenoxy) is 1. The molecule has 1 aromatic carbocycles. The molecule has 0 saturated carbocycles. The Balaban J connectivity index is 2.36. The minimum atomic E-state index is -3.76. The molecule has 0 spiro atoms. The van der Waals surface area contributed by atoms with Gasteiger partial charge in [0, 0.05) is 0 Å². The number of anilines is 2. The van der Waals surface area contributed by atoms with Gasteiger partial charge in [0.2, 0.25) is 0 Å². The zero-order valence-electron chi connectivity index (χ0n) is 11.4. The summed E-state index contributed by atoms with van der Waals surface area (Å²) in [7, 11) is -2.31. The van der Waals surface area contributed by atoms with Crippen LogP contribution in [0, 0.1) is 6.92 Å². The second-order valence-corrected chi connectivity index (χ2v) is 6.35. The van der Waals surface area contributed by atoms with Crippen LogP contribution in [0.2, 0.25) is 5.15 Å². The largest absolute Gasteiger partial charge is 0.495 e. The normalized spacial score (nSPS) is 11.2. The Morgan fingerprint density at radius 3 is 2.57 bits per heavy atom. The van der Waals surface area contributed by atoms with Gasteiger partial charge in [-0.1, -0.05) is 11.6 Å². The molecule has 3 N–H and O–H groups in total. The number of pyridine rings is 1. The molecule has 1 heterocycles. The number of rotatable bonds is 4. The Hall–Kier alpha value is -1.99. The van der Waals surface area contributed by atoms with Gasteiger partial charge < -0.3 is 10.5 Å². The Labute approximate surface area is 128 Å². The van der Waals surface area contributed by atoms with Gasteiger partial charge in [-0.15, -0.1) is 0 Å². The molecule has 8 heteroatoms. The van der Waals surface area contributed by atoms with E-state index in [1.54, 1.807) is 13.0 Å². The van der Waals surface area contributed by atoms with Crippen LogP contribution in [-0.2, 0) is 10.0 Å². The van der Waals surface area contributed by atoms with Gasteiger partial charge in [-0.3, -0.25) is 4.72 Å². The third kappa shape index (κ3) is 3.37. The predicted octanol–water partition coefficient (Wildman–Crippen LogP) is 2.44. The Morgan fingerprint density at radius 1 is 1.29 bits per heavy atom. The van der Waals surface area contributed by atoms with Crippen molar-refractivity contribution >= 4 is 33.0 Å². The minimum Gasteiger partial charge on any atom is -0.495 e. The number of aryl methyl sites for hydroxylation is 1. The second-order valence-electron chi connectivity index (χ2n) is 4.28. The van der Waals surface area contributed by atoms with Gasteiger partial charge in [0.1, 0.15) is 10.9 Å². The van der Waals surface area contributed by atoms with E-state index in [4.69, 9.17) is 22.1 Å². The lowest BCUT2D eigenvalue weighted by Gasteiger charge is -2.11. The molecule has 0 radical (unpaired) electrons. The van der Waals surface area contributed by atoms with Gasteiger partial charge >= 0.3 is 0 Å². The van der Waals surface area contributed by atoms with E-state index in [2.05, 4.69) is 9.71 Å². The first-order valence-electron chi connectivity index (χ1n) is 5.93. The quantitative estimate of drug-likeness (QED) is 0.664. The maximum atomic E-state index is 12.3. The van der Waals surface area contributed by atoms with Gasteiger partial charge in [0.15, 0.2) is 0 Å². The lowest BCUT2D eigenvalue weighted by Crippen LogP contribution is -2.14. The Bertz CT molecular complexity index is 778. The average molecular weight is 328 g/mol. The molecule has 0 amide bonds. The molecule has 0 aliphatic carbocycles. The van der Waals surface area contributed by atoms with Gasteiger partial charge in [-0.25, -0.2) is 13.4 Å². The molecule has 6 nitrogen and oxygen atoms in total. The highest BCUT2D eigenvalue weighted by Crippen LogP contribution is 2.26. The Morgan fingerprint density at radius 2 is 2.00 bits per heavy atom. The van der Waals surface area contributed by atoms with Gasteiger partial charge in [0.25, 0.3) is 10.0 Å². The number of benzene rings is 1.